The maximum absolute atomic E-state index is 8.68. The second-order valence-corrected chi connectivity index (χ2v) is 3.56. The first-order valence-corrected chi connectivity index (χ1v) is 3.66. The highest BCUT2D eigenvalue weighted by Crippen LogP contribution is 2.33. The first-order valence-electron chi connectivity index (χ1n) is 1.71. The molecule has 0 saturated heterocycles. The number of hydrogen-bond donors (Lipinski definition) is 1. The quantitative estimate of drug-likeness (QED) is 0.719. The van der Waals surface area contributed by atoms with Gasteiger partial charge >= 0.3 is 0 Å². The molecule has 0 aliphatic rings. The maximum Gasteiger partial charge on any atom is 0.243 e. The number of rotatable bonds is 0. The van der Waals surface area contributed by atoms with Gasteiger partial charge in [-0.2, -0.15) is 4.37 Å². The summed E-state index contributed by atoms with van der Waals surface area (Å²) in [5.74, 6) is -0.108. The van der Waals surface area contributed by atoms with Crippen LogP contribution in [-0.4, -0.2) is 9.48 Å². The molecular formula is C3HBrClNOS. The van der Waals surface area contributed by atoms with E-state index >= 15 is 0 Å². The minimum atomic E-state index is -0.108. The number of halogens is 2. The summed E-state index contributed by atoms with van der Waals surface area (Å²) >= 11 is 9.64. The van der Waals surface area contributed by atoms with Gasteiger partial charge in [0, 0.05) is 0 Å². The van der Waals surface area contributed by atoms with Gasteiger partial charge in [-0.05, 0) is 27.5 Å². The van der Waals surface area contributed by atoms with Crippen LogP contribution in [0.1, 0.15) is 0 Å². The van der Waals surface area contributed by atoms with Gasteiger partial charge in [0.2, 0.25) is 5.88 Å². The van der Waals surface area contributed by atoms with Crippen LogP contribution in [0.5, 0.6) is 5.88 Å². The molecule has 0 saturated carbocycles. The van der Waals surface area contributed by atoms with Gasteiger partial charge in [-0.1, -0.05) is 11.6 Å². The average Bonchev–Trinajstić information content (AvgIpc) is 1.98. The molecule has 2 nitrogen and oxygen atoms in total. The number of hydrogen-bond acceptors (Lipinski definition) is 3. The topological polar surface area (TPSA) is 33.1 Å². The first-order chi connectivity index (χ1) is 3.72. The van der Waals surface area contributed by atoms with E-state index in [1.54, 1.807) is 0 Å². The van der Waals surface area contributed by atoms with Crippen molar-refractivity contribution in [3.8, 4) is 5.88 Å². The molecule has 0 atom stereocenters. The molecule has 1 aromatic rings. The SMILES string of the molecule is Oc1nsc(Br)c1Cl. The standard InChI is InChI=1S/C3HBrClNOS/c4-2-1(5)3(7)6-8-2/h(H,6,7). The Hall–Kier alpha value is 0.200. The molecule has 0 spiro atoms. The summed E-state index contributed by atoms with van der Waals surface area (Å²) in [4.78, 5) is 0. The Balaban J connectivity index is 3.19. The largest absolute Gasteiger partial charge is 0.492 e. The van der Waals surface area contributed by atoms with Crippen LogP contribution in [0.3, 0.4) is 0 Å². The van der Waals surface area contributed by atoms with E-state index in [9.17, 15) is 0 Å². The van der Waals surface area contributed by atoms with Crippen molar-refractivity contribution in [1.82, 2.24) is 4.37 Å². The molecule has 5 heteroatoms. The molecule has 0 fully saturated rings. The van der Waals surface area contributed by atoms with Gasteiger partial charge in [0.15, 0.2) is 0 Å². The zero-order valence-corrected chi connectivity index (χ0v) is 6.72. The molecule has 1 heterocycles. The lowest BCUT2D eigenvalue weighted by Crippen LogP contribution is -1.56. The Labute approximate surface area is 63.4 Å². The van der Waals surface area contributed by atoms with Crippen molar-refractivity contribution in [1.29, 1.82) is 0 Å². The van der Waals surface area contributed by atoms with E-state index < -0.39 is 0 Å². The van der Waals surface area contributed by atoms with Gasteiger partial charge in [0.05, 0.1) is 0 Å². The molecule has 44 valence electrons. The van der Waals surface area contributed by atoms with Crippen LogP contribution in [0.15, 0.2) is 3.79 Å². The molecular weight excluding hydrogens is 213 g/mol. The monoisotopic (exact) mass is 213 g/mol. The molecule has 0 aliphatic heterocycles. The molecule has 8 heavy (non-hydrogen) atoms. The molecule has 0 unspecified atom stereocenters. The third-order valence-corrected chi connectivity index (χ3v) is 2.74. The van der Waals surface area contributed by atoms with Crippen molar-refractivity contribution in [3.63, 3.8) is 0 Å². The van der Waals surface area contributed by atoms with E-state index in [0.29, 0.717) is 3.79 Å². The number of aromatic nitrogens is 1. The van der Waals surface area contributed by atoms with E-state index in [2.05, 4.69) is 20.3 Å². The van der Waals surface area contributed by atoms with Crippen LogP contribution in [0.4, 0.5) is 0 Å². The Bertz CT molecular complexity index is 182. The second-order valence-electron chi connectivity index (χ2n) is 1.09. The summed E-state index contributed by atoms with van der Waals surface area (Å²) in [6, 6.07) is 0. The highest BCUT2D eigenvalue weighted by atomic mass is 79.9. The van der Waals surface area contributed by atoms with Crippen LogP contribution in [0, 0.1) is 0 Å². The minimum Gasteiger partial charge on any atom is -0.492 e. The van der Waals surface area contributed by atoms with Crippen molar-refractivity contribution >= 4 is 39.1 Å². The summed E-state index contributed by atoms with van der Waals surface area (Å²) in [6.45, 7) is 0. The fraction of sp³-hybridized carbons (Fsp3) is 0. The van der Waals surface area contributed by atoms with E-state index in [4.69, 9.17) is 16.7 Å². The average molecular weight is 214 g/mol. The van der Waals surface area contributed by atoms with Crippen LogP contribution in [0.2, 0.25) is 5.02 Å². The number of aromatic hydroxyl groups is 1. The molecule has 1 N–H and O–H groups in total. The third-order valence-electron chi connectivity index (χ3n) is 0.581. The van der Waals surface area contributed by atoms with E-state index in [-0.39, 0.29) is 10.9 Å². The zero-order valence-electron chi connectivity index (χ0n) is 3.56. The Morgan fingerprint density at radius 1 is 1.75 bits per heavy atom. The first kappa shape index (κ1) is 6.32. The van der Waals surface area contributed by atoms with Crippen molar-refractivity contribution in [3.05, 3.63) is 8.81 Å². The normalized spacial score (nSPS) is 9.75. The van der Waals surface area contributed by atoms with Crippen LogP contribution in [-0.2, 0) is 0 Å². The summed E-state index contributed by atoms with van der Waals surface area (Å²) in [7, 11) is 0. The van der Waals surface area contributed by atoms with Crippen LogP contribution >= 0.6 is 39.1 Å². The lowest BCUT2D eigenvalue weighted by Gasteiger charge is -1.78. The minimum absolute atomic E-state index is 0.108. The van der Waals surface area contributed by atoms with Gasteiger partial charge in [-0.25, -0.2) is 0 Å². The van der Waals surface area contributed by atoms with E-state index in [0.717, 1.165) is 11.5 Å². The summed E-state index contributed by atoms with van der Waals surface area (Å²) in [5, 5.41) is 8.96. The molecule has 0 radical (unpaired) electrons. The smallest absolute Gasteiger partial charge is 0.243 e. The molecule has 0 aromatic carbocycles. The Kier molecular flexibility index (Phi) is 1.74. The molecule has 1 aromatic heterocycles. The molecule has 0 bridgehead atoms. The van der Waals surface area contributed by atoms with Crippen molar-refractivity contribution in [2.75, 3.05) is 0 Å². The predicted octanol–water partition coefficient (Wildman–Crippen LogP) is 2.26. The lowest BCUT2D eigenvalue weighted by molar-refractivity contribution is 0.460. The number of nitrogens with zero attached hydrogens (tertiary/aromatic N) is 1. The summed E-state index contributed by atoms with van der Waals surface area (Å²) in [6.07, 6.45) is 0. The van der Waals surface area contributed by atoms with Gasteiger partial charge < -0.3 is 5.11 Å². The Morgan fingerprint density at radius 2 is 2.38 bits per heavy atom. The summed E-state index contributed by atoms with van der Waals surface area (Å²) < 4.78 is 4.20. The molecule has 0 amide bonds. The highest BCUT2D eigenvalue weighted by Gasteiger charge is 2.05. The molecule has 0 aliphatic carbocycles. The van der Waals surface area contributed by atoms with Crippen molar-refractivity contribution in [2.45, 2.75) is 0 Å². The van der Waals surface area contributed by atoms with E-state index in [1.165, 1.54) is 0 Å². The van der Waals surface area contributed by atoms with Gasteiger partial charge in [-0.3, -0.25) is 0 Å². The fourth-order valence-corrected chi connectivity index (χ4v) is 1.27. The lowest BCUT2D eigenvalue weighted by atomic mass is 10.7. The van der Waals surface area contributed by atoms with Crippen molar-refractivity contribution in [2.24, 2.45) is 0 Å². The summed E-state index contributed by atoms with van der Waals surface area (Å²) in [5.41, 5.74) is 0. The van der Waals surface area contributed by atoms with Crippen LogP contribution in [0.25, 0.3) is 0 Å². The van der Waals surface area contributed by atoms with Crippen molar-refractivity contribution < 1.29 is 5.11 Å². The maximum atomic E-state index is 8.68. The van der Waals surface area contributed by atoms with Gasteiger partial charge in [0.1, 0.15) is 8.81 Å². The predicted molar refractivity (Wildman–Crippen MR) is 36.5 cm³/mol. The molecule has 1 rings (SSSR count). The van der Waals surface area contributed by atoms with E-state index in [1.807, 2.05) is 0 Å². The zero-order chi connectivity index (χ0) is 6.15. The third kappa shape index (κ3) is 0.962. The van der Waals surface area contributed by atoms with Crippen LogP contribution < -0.4 is 0 Å². The second kappa shape index (κ2) is 2.21. The Morgan fingerprint density at radius 3 is 2.50 bits per heavy atom. The van der Waals surface area contributed by atoms with Gasteiger partial charge in [0.25, 0.3) is 0 Å². The fourth-order valence-electron chi connectivity index (χ4n) is 0.251. The highest BCUT2D eigenvalue weighted by molar-refractivity contribution is 9.11. The van der Waals surface area contributed by atoms with Gasteiger partial charge in [-0.15, -0.1) is 0 Å².